The summed E-state index contributed by atoms with van der Waals surface area (Å²) in [6.07, 6.45) is -3.28. The number of benzene rings is 1. The van der Waals surface area contributed by atoms with Crippen LogP contribution in [0.25, 0.3) is 10.9 Å². The maximum Gasteiger partial charge on any atom is 0.573 e. The predicted molar refractivity (Wildman–Crippen MR) is 76.0 cm³/mol. The number of carbonyl (C=O) groups is 1. The zero-order valence-electron chi connectivity index (χ0n) is 12.0. The molecular weight excluding hydrogens is 313 g/mol. The summed E-state index contributed by atoms with van der Waals surface area (Å²) in [6, 6.07) is 3.10. The summed E-state index contributed by atoms with van der Waals surface area (Å²) in [5, 5.41) is 9.78. The average molecular weight is 327 g/mol. The molecule has 3 rings (SSSR count). The Balaban J connectivity index is 2.16. The first-order valence-corrected chi connectivity index (χ1v) is 6.96. The summed E-state index contributed by atoms with van der Waals surface area (Å²) in [4.78, 5) is 11.7. The van der Waals surface area contributed by atoms with Crippen LogP contribution in [0.15, 0.2) is 18.2 Å². The molecule has 123 valence electrons. The van der Waals surface area contributed by atoms with Crippen LogP contribution in [0, 0.1) is 5.92 Å². The van der Waals surface area contributed by atoms with Crippen molar-refractivity contribution in [2.75, 3.05) is 6.61 Å². The third-order valence-electron chi connectivity index (χ3n) is 3.97. The fraction of sp³-hybridized carbons (Fsp3) is 0.333. The van der Waals surface area contributed by atoms with E-state index in [0.29, 0.717) is 41.4 Å². The summed E-state index contributed by atoms with van der Waals surface area (Å²) in [5.41, 5.74) is 7.24. The molecular formula is C15H14F3N2O3. The summed E-state index contributed by atoms with van der Waals surface area (Å²) in [5.74, 6) is 0.508. The molecule has 0 atom stereocenters. The Bertz CT molecular complexity index is 767. The second kappa shape index (κ2) is 5.45. The number of aromatic nitrogens is 1. The summed E-state index contributed by atoms with van der Waals surface area (Å²) in [6.45, 7) is -0.0958. The number of nitrogens with two attached hydrogens (primary N) is 1. The highest BCUT2D eigenvalue weighted by atomic mass is 19.4. The van der Waals surface area contributed by atoms with Crippen LogP contribution < -0.4 is 10.5 Å². The van der Waals surface area contributed by atoms with Gasteiger partial charge in [-0.05, 0) is 43.0 Å². The lowest BCUT2D eigenvalue weighted by Crippen LogP contribution is -2.24. The molecule has 1 aromatic heterocycles. The first-order valence-electron chi connectivity index (χ1n) is 6.96. The zero-order chi connectivity index (χ0) is 16.8. The molecule has 23 heavy (non-hydrogen) atoms. The molecule has 1 radical (unpaired) electrons. The van der Waals surface area contributed by atoms with E-state index in [0.717, 1.165) is 12.0 Å². The maximum absolute atomic E-state index is 12.4. The minimum atomic E-state index is -4.79. The van der Waals surface area contributed by atoms with Gasteiger partial charge in [-0.2, -0.15) is 0 Å². The minimum absolute atomic E-state index is 0.0958. The number of amides is 1. The first-order chi connectivity index (χ1) is 10.8. The highest BCUT2D eigenvalue weighted by molar-refractivity contribution is 5.96. The topological polar surface area (TPSA) is 77.5 Å². The number of aliphatic hydroxyl groups excluding tert-OH is 1. The Hall–Kier alpha value is -2.22. The Labute approximate surface area is 129 Å². The van der Waals surface area contributed by atoms with Crippen LogP contribution in [0.3, 0.4) is 0 Å². The van der Waals surface area contributed by atoms with E-state index >= 15 is 0 Å². The molecule has 5 nitrogen and oxygen atoms in total. The Morgan fingerprint density at radius 2 is 2.09 bits per heavy atom. The van der Waals surface area contributed by atoms with E-state index < -0.39 is 12.4 Å². The molecule has 2 aromatic rings. The molecule has 0 bridgehead atoms. The fourth-order valence-electron chi connectivity index (χ4n) is 3.06. The number of aliphatic hydroxyl groups is 1. The van der Waals surface area contributed by atoms with Crippen molar-refractivity contribution < 1.29 is 27.8 Å². The summed E-state index contributed by atoms with van der Waals surface area (Å²) < 4.78 is 42.4. The van der Waals surface area contributed by atoms with Crippen molar-refractivity contribution in [1.29, 1.82) is 0 Å². The Morgan fingerprint density at radius 3 is 2.70 bits per heavy atom. The van der Waals surface area contributed by atoms with Gasteiger partial charge in [-0.3, -0.25) is 4.57 Å². The highest BCUT2D eigenvalue weighted by Crippen LogP contribution is 2.37. The maximum atomic E-state index is 12.4. The van der Waals surface area contributed by atoms with Crippen molar-refractivity contribution in [1.82, 2.24) is 4.57 Å². The number of rotatable bonds is 2. The van der Waals surface area contributed by atoms with E-state index in [-0.39, 0.29) is 12.4 Å². The Morgan fingerprint density at radius 1 is 1.35 bits per heavy atom. The second-order valence-electron chi connectivity index (χ2n) is 5.41. The molecule has 8 heteroatoms. The molecule has 1 aliphatic rings. The summed E-state index contributed by atoms with van der Waals surface area (Å²) in [7, 11) is 0. The lowest BCUT2D eigenvalue weighted by Gasteiger charge is -2.21. The normalized spacial score (nSPS) is 15.7. The molecule has 1 aliphatic carbocycles. The molecule has 0 saturated heterocycles. The molecule has 3 N–H and O–H groups in total. The largest absolute Gasteiger partial charge is 0.573 e. The molecule has 1 amide bonds. The van der Waals surface area contributed by atoms with E-state index in [1.54, 1.807) is 0 Å². The predicted octanol–water partition coefficient (Wildman–Crippen LogP) is 2.52. The van der Waals surface area contributed by atoms with Gasteiger partial charge in [0.05, 0.1) is 5.52 Å². The summed E-state index contributed by atoms with van der Waals surface area (Å²) >= 11 is 0. The third kappa shape index (κ3) is 2.86. The second-order valence-corrected chi connectivity index (χ2v) is 5.41. The van der Waals surface area contributed by atoms with Crippen molar-refractivity contribution in [3.05, 3.63) is 35.4 Å². The smallest absolute Gasteiger partial charge is 0.406 e. The van der Waals surface area contributed by atoms with Crippen molar-refractivity contribution in [3.8, 4) is 5.75 Å². The fourth-order valence-corrected chi connectivity index (χ4v) is 3.06. The monoisotopic (exact) mass is 327 g/mol. The lowest BCUT2D eigenvalue weighted by atomic mass is 9.87. The molecule has 0 fully saturated rings. The van der Waals surface area contributed by atoms with Crippen LogP contribution in [0.4, 0.5) is 18.0 Å². The first kappa shape index (κ1) is 15.7. The number of fused-ring (bicyclic) bond motifs is 3. The van der Waals surface area contributed by atoms with E-state index in [4.69, 9.17) is 5.73 Å². The number of nitrogens with zero attached hydrogens (tertiary/aromatic N) is 1. The van der Waals surface area contributed by atoms with Gasteiger partial charge < -0.3 is 15.6 Å². The van der Waals surface area contributed by atoms with Gasteiger partial charge in [-0.15, -0.1) is 13.2 Å². The van der Waals surface area contributed by atoms with Gasteiger partial charge in [-0.1, -0.05) is 0 Å². The van der Waals surface area contributed by atoms with E-state index in [2.05, 4.69) is 4.74 Å². The van der Waals surface area contributed by atoms with Crippen LogP contribution in [0.5, 0.6) is 5.75 Å². The SMILES string of the molecule is NC(=O)n1c2c(c3cc(OC(F)(F)F)ccc31)C[C](CO)CC2. The van der Waals surface area contributed by atoms with Crippen molar-refractivity contribution >= 4 is 16.9 Å². The van der Waals surface area contributed by atoms with Gasteiger partial charge in [-0.25, -0.2) is 4.79 Å². The van der Waals surface area contributed by atoms with Gasteiger partial charge in [0, 0.05) is 23.6 Å². The van der Waals surface area contributed by atoms with Gasteiger partial charge in [0.2, 0.25) is 0 Å². The number of ether oxygens (including phenoxy) is 1. The van der Waals surface area contributed by atoms with E-state index in [9.17, 15) is 23.1 Å². The number of primary amides is 1. The van der Waals surface area contributed by atoms with Crippen LogP contribution in [-0.4, -0.2) is 28.7 Å². The highest BCUT2D eigenvalue weighted by Gasteiger charge is 2.32. The number of hydrogen-bond donors (Lipinski definition) is 2. The Kier molecular flexibility index (Phi) is 3.71. The number of hydrogen-bond acceptors (Lipinski definition) is 3. The average Bonchev–Trinajstić information content (AvgIpc) is 2.78. The van der Waals surface area contributed by atoms with Gasteiger partial charge in [0.1, 0.15) is 5.75 Å². The number of carbonyl (C=O) groups excluding carboxylic acids is 1. The van der Waals surface area contributed by atoms with Crippen LogP contribution in [-0.2, 0) is 12.8 Å². The van der Waals surface area contributed by atoms with E-state index in [1.807, 2.05) is 0 Å². The van der Waals surface area contributed by atoms with E-state index in [1.165, 1.54) is 16.7 Å². The van der Waals surface area contributed by atoms with Crippen molar-refractivity contribution in [3.63, 3.8) is 0 Å². The van der Waals surface area contributed by atoms with Crippen LogP contribution in [0.1, 0.15) is 17.7 Å². The standard InChI is InChI=1S/C15H14F3N2O3/c16-15(17,18)23-9-2-4-13-11(6-9)10-5-8(7-21)1-3-12(10)20(13)14(19)22/h2,4,6,21H,1,3,5,7H2,(H2,19,22). The van der Waals surface area contributed by atoms with Gasteiger partial charge >= 0.3 is 12.4 Å². The minimum Gasteiger partial charge on any atom is -0.406 e. The van der Waals surface area contributed by atoms with Crippen molar-refractivity contribution in [2.24, 2.45) is 5.73 Å². The molecule has 0 spiro atoms. The molecule has 1 heterocycles. The lowest BCUT2D eigenvalue weighted by molar-refractivity contribution is -0.274. The van der Waals surface area contributed by atoms with Crippen molar-refractivity contribution in [2.45, 2.75) is 25.6 Å². The number of halogens is 3. The molecule has 0 aliphatic heterocycles. The molecule has 0 unspecified atom stereocenters. The molecule has 0 saturated carbocycles. The van der Waals surface area contributed by atoms with Crippen LogP contribution in [0.2, 0.25) is 0 Å². The van der Waals surface area contributed by atoms with Crippen LogP contribution >= 0.6 is 0 Å². The quantitative estimate of drug-likeness (QED) is 0.890. The van der Waals surface area contributed by atoms with Gasteiger partial charge in [0.15, 0.2) is 0 Å². The zero-order valence-corrected chi connectivity index (χ0v) is 12.0. The third-order valence-corrected chi connectivity index (χ3v) is 3.97. The van der Waals surface area contributed by atoms with Gasteiger partial charge in [0.25, 0.3) is 0 Å². The number of alkyl halides is 3. The molecule has 1 aromatic carbocycles.